The summed E-state index contributed by atoms with van der Waals surface area (Å²) in [5, 5.41) is 0.921. The van der Waals surface area contributed by atoms with Crippen LogP contribution >= 0.6 is 11.3 Å². The summed E-state index contributed by atoms with van der Waals surface area (Å²) in [5.41, 5.74) is 3.15. The van der Waals surface area contributed by atoms with E-state index in [9.17, 15) is 4.79 Å². The summed E-state index contributed by atoms with van der Waals surface area (Å²) in [4.78, 5) is 20.1. The van der Waals surface area contributed by atoms with Crippen molar-refractivity contribution < 1.29 is 4.79 Å². The van der Waals surface area contributed by atoms with Crippen LogP contribution in [0.4, 0.5) is 0 Å². The van der Waals surface area contributed by atoms with E-state index in [1.807, 2.05) is 55.3 Å². The predicted molar refractivity (Wildman–Crippen MR) is 109 cm³/mol. The molecule has 0 aliphatic carbocycles. The molecule has 1 aromatic heterocycles. The minimum absolute atomic E-state index is 0.0640. The molecule has 2 aromatic carbocycles. The fourth-order valence-electron chi connectivity index (χ4n) is 2.96. The molecule has 0 fully saturated rings. The highest BCUT2D eigenvalue weighted by molar-refractivity contribution is 7.14. The van der Waals surface area contributed by atoms with Crippen molar-refractivity contribution in [3.05, 3.63) is 76.1 Å². The minimum Gasteiger partial charge on any atom is -0.341 e. The van der Waals surface area contributed by atoms with E-state index >= 15 is 0 Å². The first-order valence-corrected chi connectivity index (χ1v) is 9.79. The van der Waals surface area contributed by atoms with E-state index in [1.54, 1.807) is 0 Å². The van der Waals surface area contributed by atoms with Gasteiger partial charge >= 0.3 is 0 Å². The third-order valence-corrected chi connectivity index (χ3v) is 5.33. The standard InChI is InChI=1S/C22H24N2OS/c1-17-23-20(19-14-7-4-8-15-19)21(26-17)22(25)24(2)16-10-9-13-18-11-5-3-6-12-18/h3-8,11-12,14-15H,9-10,13,16H2,1-2H3. The molecule has 3 rings (SSSR count). The number of carbonyl (C=O) groups is 1. The van der Waals surface area contributed by atoms with E-state index in [4.69, 9.17) is 0 Å². The smallest absolute Gasteiger partial charge is 0.265 e. The van der Waals surface area contributed by atoms with Crippen molar-refractivity contribution >= 4 is 17.2 Å². The van der Waals surface area contributed by atoms with Gasteiger partial charge in [0.1, 0.15) is 4.88 Å². The topological polar surface area (TPSA) is 33.2 Å². The second-order valence-electron chi connectivity index (χ2n) is 6.45. The van der Waals surface area contributed by atoms with Gasteiger partial charge in [0.05, 0.1) is 10.7 Å². The molecule has 0 saturated carbocycles. The Balaban J connectivity index is 1.60. The molecule has 26 heavy (non-hydrogen) atoms. The van der Waals surface area contributed by atoms with Gasteiger partial charge in [0.15, 0.2) is 0 Å². The Morgan fingerprint density at radius 1 is 1.00 bits per heavy atom. The normalized spacial score (nSPS) is 10.7. The van der Waals surface area contributed by atoms with Crippen molar-refractivity contribution in [3.63, 3.8) is 0 Å². The molecule has 0 spiro atoms. The molecule has 0 aliphatic heterocycles. The molecule has 1 heterocycles. The molecular weight excluding hydrogens is 340 g/mol. The summed E-state index contributed by atoms with van der Waals surface area (Å²) in [6.45, 7) is 2.71. The van der Waals surface area contributed by atoms with Crippen LogP contribution in [0.1, 0.15) is 33.1 Å². The monoisotopic (exact) mass is 364 g/mol. The molecule has 3 aromatic rings. The predicted octanol–water partition coefficient (Wildman–Crippen LogP) is 5.21. The van der Waals surface area contributed by atoms with Crippen molar-refractivity contribution in [1.82, 2.24) is 9.88 Å². The third kappa shape index (κ3) is 4.58. The Morgan fingerprint density at radius 2 is 1.65 bits per heavy atom. The largest absolute Gasteiger partial charge is 0.341 e. The minimum atomic E-state index is 0.0640. The highest BCUT2D eigenvalue weighted by atomic mass is 32.1. The molecule has 3 nitrogen and oxygen atoms in total. The highest BCUT2D eigenvalue weighted by Crippen LogP contribution is 2.29. The van der Waals surface area contributed by atoms with Gasteiger partial charge in [-0.05, 0) is 31.7 Å². The summed E-state index contributed by atoms with van der Waals surface area (Å²) in [6, 6.07) is 20.4. The number of rotatable bonds is 7. The number of nitrogens with zero attached hydrogens (tertiary/aromatic N) is 2. The number of amides is 1. The molecule has 0 radical (unpaired) electrons. The SMILES string of the molecule is Cc1nc(-c2ccccc2)c(C(=O)N(C)CCCCc2ccccc2)s1. The fourth-order valence-corrected chi connectivity index (χ4v) is 3.90. The average Bonchev–Trinajstić information content (AvgIpc) is 3.07. The number of aryl methyl sites for hydroxylation is 2. The Labute approximate surface area is 159 Å². The fraction of sp³-hybridized carbons (Fsp3) is 0.273. The molecular formula is C22H24N2OS. The van der Waals surface area contributed by atoms with Crippen LogP contribution in [0.25, 0.3) is 11.3 Å². The number of unbranched alkanes of at least 4 members (excludes halogenated alkanes) is 1. The number of hydrogen-bond acceptors (Lipinski definition) is 3. The Kier molecular flexibility index (Phi) is 6.18. The number of aromatic nitrogens is 1. The van der Waals surface area contributed by atoms with E-state index in [0.717, 1.165) is 46.9 Å². The maximum absolute atomic E-state index is 12.9. The van der Waals surface area contributed by atoms with Gasteiger partial charge in [-0.25, -0.2) is 4.98 Å². The second-order valence-corrected chi connectivity index (χ2v) is 7.65. The molecule has 1 amide bonds. The summed E-state index contributed by atoms with van der Waals surface area (Å²) >= 11 is 1.48. The molecule has 134 valence electrons. The van der Waals surface area contributed by atoms with E-state index < -0.39 is 0 Å². The van der Waals surface area contributed by atoms with E-state index in [-0.39, 0.29) is 5.91 Å². The van der Waals surface area contributed by atoms with Crippen molar-refractivity contribution in [2.75, 3.05) is 13.6 Å². The second kappa shape index (κ2) is 8.77. The summed E-state index contributed by atoms with van der Waals surface area (Å²) in [5.74, 6) is 0.0640. The van der Waals surface area contributed by atoms with Crippen LogP contribution in [-0.2, 0) is 6.42 Å². The van der Waals surface area contributed by atoms with Crippen molar-refractivity contribution in [2.45, 2.75) is 26.2 Å². The number of carbonyl (C=O) groups excluding carboxylic acids is 1. The van der Waals surface area contributed by atoms with Gasteiger partial charge in [0.2, 0.25) is 0 Å². The van der Waals surface area contributed by atoms with Gasteiger partial charge in [-0.3, -0.25) is 4.79 Å². The summed E-state index contributed by atoms with van der Waals surface area (Å²) in [6.07, 6.45) is 3.13. The van der Waals surface area contributed by atoms with Crippen LogP contribution in [0.5, 0.6) is 0 Å². The van der Waals surface area contributed by atoms with Crippen molar-refractivity contribution in [1.29, 1.82) is 0 Å². The van der Waals surface area contributed by atoms with Gasteiger partial charge in [0.25, 0.3) is 5.91 Å². The van der Waals surface area contributed by atoms with E-state index in [1.165, 1.54) is 16.9 Å². The number of hydrogen-bond donors (Lipinski definition) is 0. The zero-order valence-corrected chi connectivity index (χ0v) is 16.1. The van der Waals surface area contributed by atoms with Crippen LogP contribution in [0.15, 0.2) is 60.7 Å². The quantitative estimate of drug-likeness (QED) is 0.539. The first kappa shape index (κ1) is 18.3. The molecule has 0 saturated heterocycles. The Hall–Kier alpha value is -2.46. The van der Waals surface area contributed by atoms with Gasteiger partial charge < -0.3 is 4.90 Å². The van der Waals surface area contributed by atoms with Crippen LogP contribution in [0, 0.1) is 6.92 Å². The van der Waals surface area contributed by atoms with E-state index in [0.29, 0.717) is 0 Å². The van der Waals surface area contributed by atoms with Crippen LogP contribution in [0.3, 0.4) is 0 Å². The lowest BCUT2D eigenvalue weighted by Gasteiger charge is -2.17. The first-order valence-electron chi connectivity index (χ1n) is 8.97. The molecule has 0 aliphatic rings. The first-order chi connectivity index (χ1) is 12.6. The molecule has 4 heteroatoms. The summed E-state index contributed by atoms with van der Waals surface area (Å²) in [7, 11) is 1.88. The number of thiazole rings is 1. The molecule has 0 N–H and O–H groups in total. The maximum atomic E-state index is 12.9. The van der Waals surface area contributed by atoms with Crippen LogP contribution in [0.2, 0.25) is 0 Å². The zero-order chi connectivity index (χ0) is 18.4. The number of benzene rings is 2. The van der Waals surface area contributed by atoms with Gasteiger partial charge in [-0.2, -0.15) is 0 Å². The Bertz CT molecular complexity index is 843. The third-order valence-electron chi connectivity index (χ3n) is 4.37. The Morgan fingerprint density at radius 3 is 2.35 bits per heavy atom. The van der Waals surface area contributed by atoms with E-state index in [2.05, 4.69) is 29.2 Å². The van der Waals surface area contributed by atoms with Crippen LogP contribution in [-0.4, -0.2) is 29.4 Å². The highest BCUT2D eigenvalue weighted by Gasteiger charge is 2.21. The maximum Gasteiger partial charge on any atom is 0.265 e. The van der Waals surface area contributed by atoms with Crippen LogP contribution < -0.4 is 0 Å². The average molecular weight is 365 g/mol. The zero-order valence-electron chi connectivity index (χ0n) is 15.3. The van der Waals surface area contributed by atoms with Gasteiger partial charge in [-0.15, -0.1) is 11.3 Å². The lowest BCUT2D eigenvalue weighted by molar-refractivity contribution is 0.0798. The molecule has 0 bridgehead atoms. The summed E-state index contributed by atoms with van der Waals surface area (Å²) < 4.78 is 0. The van der Waals surface area contributed by atoms with Crippen molar-refractivity contribution in [3.8, 4) is 11.3 Å². The van der Waals surface area contributed by atoms with Gasteiger partial charge in [0, 0.05) is 19.2 Å². The van der Waals surface area contributed by atoms with Crippen molar-refractivity contribution in [2.24, 2.45) is 0 Å². The van der Waals surface area contributed by atoms with Gasteiger partial charge in [-0.1, -0.05) is 60.7 Å². The molecule has 0 unspecified atom stereocenters. The molecule has 0 atom stereocenters. The lowest BCUT2D eigenvalue weighted by atomic mass is 10.1. The lowest BCUT2D eigenvalue weighted by Crippen LogP contribution is -2.27.